The van der Waals surface area contributed by atoms with E-state index in [9.17, 15) is 13.2 Å². The molecule has 1 amide bonds. The minimum atomic E-state index is -3.72. The Morgan fingerprint density at radius 3 is 2.34 bits per heavy atom. The van der Waals surface area contributed by atoms with Crippen molar-refractivity contribution in [3.63, 3.8) is 0 Å². The summed E-state index contributed by atoms with van der Waals surface area (Å²) in [7, 11) is -0.781. The Hall–Kier alpha value is -1.84. The summed E-state index contributed by atoms with van der Waals surface area (Å²) in [4.78, 5) is 14.7. The summed E-state index contributed by atoms with van der Waals surface area (Å²) in [6, 6.07) is 4.76. The third kappa shape index (κ3) is 4.84. The number of sulfonamides is 1. The molecule has 1 aliphatic carbocycles. The van der Waals surface area contributed by atoms with Crippen LogP contribution >= 0.6 is 0 Å². The molecule has 1 heterocycles. The third-order valence-corrected chi connectivity index (χ3v) is 7.81. The monoisotopic (exact) mass is 425 g/mol. The Morgan fingerprint density at radius 2 is 1.76 bits per heavy atom. The lowest BCUT2D eigenvalue weighted by Gasteiger charge is -2.37. The van der Waals surface area contributed by atoms with Crippen LogP contribution in [0.1, 0.15) is 32.6 Å². The molecule has 0 aromatic heterocycles. The maximum atomic E-state index is 13.2. The number of carbonyl (C=O) groups is 1. The van der Waals surface area contributed by atoms with Crippen molar-refractivity contribution >= 4 is 15.9 Å². The molecule has 8 nitrogen and oxygen atoms in total. The SMILES string of the molecule is COc1ccc(OC)c(S(=O)(=O)N2CCN([C@@H](C)C(=O)NC3CCCC3)CC2)c1. The van der Waals surface area contributed by atoms with E-state index in [0.717, 1.165) is 12.8 Å². The normalized spacial score (nSPS) is 20.4. The van der Waals surface area contributed by atoms with Crippen molar-refractivity contribution in [3.05, 3.63) is 18.2 Å². The molecule has 3 rings (SSSR count). The summed E-state index contributed by atoms with van der Waals surface area (Å²) in [6.07, 6.45) is 4.44. The minimum absolute atomic E-state index is 0.0303. The first-order valence-corrected chi connectivity index (χ1v) is 11.6. The number of piperazine rings is 1. The molecule has 2 fully saturated rings. The van der Waals surface area contributed by atoms with Crippen molar-refractivity contribution in [1.29, 1.82) is 0 Å². The summed E-state index contributed by atoms with van der Waals surface area (Å²) in [5.41, 5.74) is 0. The van der Waals surface area contributed by atoms with E-state index < -0.39 is 10.0 Å². The Labute approximate surface area is 173 Å². The van der Waals surface area contributed by atoms with Gasteiger partial charge in [-0.1, -0.05) is 12.8 Å². The van der Waals surface area contributed by atoms with Crippen molar-refractivity contribution in [2.45, 2.75) is 49.6 Å². The van der Waals surface area contributed by atoms with E-state index in [-0.39, 0.29) is 28.6 Å². The van der Waals surface area contributed by atoms with Gasteiger partial charge in [0.25, 0.3) is 0 Å². The van der Waals surface area contributed by atoms with Crippen LogP contribution in [0.3, 0.4) is 0 Å². The van der Waals surface area contributed by atoms with Gasteiger partial charge in [-0.25, -0.2) is 8.42 Å². The number of benzene rings is 1. The number of hydrogen-bond acceptors (Lipinski definition) is 6. The van der Waals surface area contributed by atoms with Crippen LogP contribution in [0.2, 0.25) is 0 Å². The summed E-state index contributed by atoms with van der Waals surface area (Å²) in [5.74, 6) is 0.778. The first-order chi connectivity index (χ1) is 13.9. The van der Waals surface area contributed by atoms with Crippen molar-refractivity contribution in [2.75, 3.05) is 40.4 Å². The molecule has 1 saturated heterocycles. The predicted molar refractivity (Wildman–Crippen MR) is 110 cm³/mol. The molecule has 1 aliphatic heterocycles. The highest BCUT2D eigenvalue weighted by molar-refractivity contribution is 7.89. The highest BCUT2D eigenvalue weighted by Crippen LogP contribution is 2.31. The lowest BCUT2D eigenvalue weighted by atomic mass is 10.2. The quantitative estimate of drug-likeness (QED) is 0.712. The first kappa shape index (κ1) is 21.9. The number of nitrogens with one attached hydrogen (secondary N) is 1. The Bertz CT molecular complexity index is 815. The van der Waals surface area contributed by atoms with Gasteiger partial charge in [-0.3, -0.25) is 9.69 Å². The second-order valence-corrected chi connectivity index (χ2v) is 9.53. The lowest BCUT2D eigenvalue weighted by molar-refractivity contribution is -0.127. The summed E-state index contributed by atoms with van der Waals surface area (Å²) >= 11 is 0. The van der Waals surface area contributed by atoms with Gasteiger partial charge in [-0.05, 0) is 31.9 Å². The maximum Gasteiger partial charge on any atom is 0.246 e. The largest absolute Gasteiger partial charge is 0.497 e. The molecule has 29 heavy (non-hydrogen) atoms. The highest BCUT2D eigenvalue weighted by atomic mass is 32.2. The Kier molecular flexibility index (Phi) is 7.02. The molecule has 0 bridgehead atoms. The molecule has 2 aliphatic rings. The number of hydrogen-bond donors (Lipinski definition) is 1. The van der Waals surface area contributed by atoms with E-state index in [0.29, 0.717) is 31.9 Å². The summed E-state index contributed by atoms with van der Waals surface area (Å²) < 4.78 is 38.2. The maximum absolute atomic E-state index is 13.2. The molecular formula is C20H31N3O5S. The van der Waals surface area contributed by atoms with Crippen LogP contribution < -0.4 is 14.8 Å². The molecule has 0 radical (unpaired) electrons. The van der Waals surface area contributed by atoms with E-state index in [2.05, 4.69) is 5.32 Å². The number of nitrogens with zero attached hydrogens (tertiary/aromatic N) is 2. The Morgan fingerprint density at radius 1 is 1.10 bits per heavy atom. The van der Waals surface area contributed by atoms with Crippen molar-refractivity contribution in [3.8, 4) is 11.5 Å². The van der Waals surface area contributed by atoms with Crippen LogP contribution in [0, 0.1) is 0 Å². The molecule has 1 saturated carbocycles. The van der Waals surface area contributed by atoms with E-state index in [1.807, 2.05) is 11.8 Å². The fourth-order valence-corrected chi connectivity index (χ4v) is 5.61. The average molecular weight is 426 g/mol. The second kappa shape index (κ2) is 9.32. The molecule has 0 spiro atoms. The van der Waals surface area contributed by atoms with Gasteiger partial charge in [-0.15, -0.1) is 0 Å². The molecule has 1 aromatic carbocycles. The number of carbonyl (C=O) groups excluding carboxylic acids is 1. The van der Waals surface area contributed by atoms with Gasteiger partial charge in [0.15, 0.2) is 0 Å². The summed E-state index contributed by atoms with van der Waals surface area (Å²) in [6.45, 7) is 3.54. The summed E-state index contributed by atoms with van der Waals surface area (Å²) in [5, 5.41) is 3.13. The highest BCUT2D eigenvalue weighted by Gasteiger charge is 2.34. The number of rotatable bonds is 7. The number of methoxy groups -OCH3 is 2. The third-order valence-electron chi connectivity index (χ3n) is 5.89. The number of amides is 1. The van der Waals surface area contributed by atoms with Crippen LogP contribution in [0.25, 0.3) is 0 Å². The van der Waals surface area contributed by atoms with Crippen molar-refractivity contribution < 1.29 is 22.7 Å². The minimum Gasteiger partial charge on any atom is -0.497 e. The van der Waals surface area contributed by atoms with Gasteiger partial charge in [0, 0.05) is 38.3 Å². The Balaban J connectivity index is 1.64. The molecule has 1 atom stereocenters. The zero-order chi connectivity index (χ0) is 21.0. The molecule has 0 unspecified atom stereocenters. The van der Waals surface area contributed by atoms with Crippen LogP contribution in [0.4, 0.5) is 0 Å². The van der Waals surface area contributed by atoms with Gasteiger partial charge < -0.3 is 14.8 Å². The number of ether oxygens (including phenoxy) is 2. The second-order valence-electron chi connectivity index (χ2n) is 7.62. The average Bonchev–Trinajstić information content (AvgIpc) is 3.25. The zero-order valence-corrected chi connectivity index (χ0v) is 18.2. The molecular weight excluding hydrogens is 394 g/mol. The van der Waals surface area contributed by atoms with Crippen molar-refractivity contribution in [2.24, 2.45) is 0 Å². The smallest absolute Gasteiger partial charge is 0.246 e. The fraction of sp³-hybridized carbons (Fsp3) is 0.650. The first-order valence-electron chi connectivity index (χ1n) is 10.1. The predicted octanol–water partition coefficient (Wildman–Crippen LogP) is 1.46. The standard InChI is InChI=1S/C20H31N3O5S/c1-15(20(24)21-16-6-4-5-7-16)22-10-12-23(13-11-22)29(25,26)19-14-17(27-2)8-9-18(19)28-3/h8-9,14-16H,4-7,10-13H2,1-3H3,(H,21,24)/t15-/m0/s1. The van der Waals surface area contributed by atoms with Gasteiger partial charge >= 0.3 is 0 Å². The molecule has 9 heteroatoms. The molecule has 1 N–H and O–H groups in total. The van der Waals surface area contributed by atoms with Crippen LogP contribution in [0.5, 0.6) is 11.5 Å². The van der Waals surface area contributed by atoms with Gasteiger partial charge in [-0.2, -0.15) is 4.31 Å². The van der Waals surface area contributed by atoms with E-state index in [1.54, 1.807) is 12.1 Å². The van der Waals surface area contributed by atoms with Crippen LogP contribution in [-0.4, -0.2) is 76.0 Å². The van der Waals surface area contributed by atoms with E-state index >= 15 is 0 Å². The van der Waals surface area contributed by atoms with Crippen LogP contribution in [-0.2, 0) is 14.8 Å². The zero-order valence-electron chi connectivity index (χ0n) is 17.4. The van der Waals surface area contributed by atoms with Crippen molar-refractivity contribution in [1.82, 2.24) is 14.5 Å². The van der Waals surface area contributed by atoms with E-state index in [1.165, 1.54) is 37.4 Å². The van der Waals surface area contributed by atoms with Gasteiger partial charge in [0.05, 0.1) is 20.3 Å². The van der Waals surface area contributed by atoms with E-state index in [4.69, 9.17) is 9.47 Å². The lowest BCUT2D eigenvalue weighted by Crippen LogP contribution is -2.55. The topological polar surface area (TPSA) is 88.2 Å². The van der Waals surface area contributed by atoms with Gasteiger partial charge in [0.2, 0.25) is 15.9 Å². The van der Waals surface area contributed by atoms with Gasteiger partial charge in [0.1, 0.15) is 16.4 Å². The molecule has 1 aromatic rings. The molecule has 162 valence electrons. The van der Waals surface area contributed by atoms with Crippen LogP contribution in [0.15, 0.2) is 23.1 Å². The fourth-order valence-electron chi connectivity index (χ4n) is 4.01.